The molecule has 1 nitrogen and oxygen atoms in total. The number of alkyl halides is 1. The monoisotopic (exact) mass is 279 g/mol. The highest BCUT2D eigenvalue weighted by Gasteiger charge is 2.48. The van der Waals surface area contributed by atoms with Crippen molar-refractivity contribution in [1.29, 1.82) is 0 Å². The first-order valence-corrected chi connectivity index (χ1v) is 10.9. The highest BCUT2D eigenvalue weighted by molar-refractivity contribution is 9.09. The predicted molar refractivity (Wildman–Crippen MR) is 70.0 cm³/mol. The van der Waals surface area contributed by atoms with E-state index >= 15 is 0 Å². The number of hydrogen-bond donors (Lipinski definition) is 0. The fourth-order valence-electron chi connectivity index (χ4n) is 2.07. The molecule has 0 aromatic rings. The van der Waals surface area contributed by atoms with E-state index in [0.29, 0.717) is 5.04 Å². The van der Waals surface area contributed by atoms with Gasteiger partial charge in [-0.05, 0) is 24.0 Å². The Kier molecular flexibility index (Phi) is 3.83. The summed E-state index contributed by atoms with van der Waals surface area (Å²) in [5, 5.41) is 1.84. The molecule has 0 aliphatic carbocycles. The second-order valence-corrected chi connectivity index (χ2v) is 13.5. The molecule has 0 unspecified atom stereocenters. The lowest BCUT2D eigenvalue weighted by molar-refractivity contribution is 0.612. The van der Waals surface area contributed by atoms with Crippen LogP contribution in [0.5, 0.6) is 0 Å². The van der Waals surface area contributed by atoms with Crippen molar-refractivity contribution in [3.8, 4) is 0 Å². The fraction of sp³-hybridized carbons (Fsp3) is 1.00. The molecule has 4 heteroatoms. The van der Waals surface area contributed by atoms with Crippen LogP contribution in [0.25, 0.3) is 0 Å². The first-order valence-electron chi connectivity index (χ1n) is 5.23. The lowest BCUT2D eigenvalue weighted by atomic mass is 10.2. The van der Waals surface area contributed by atoms with Crippen LogP contribution >= 0.6 is 15.9 Å². The Morgan fingerprint density at radius 2 is 2.08 bits per heavy atom. The summed E-state index contributed by atoms with van der Waals surface area (Å²) in [6.45, 7) is 11.4. The molecule has 1 rings (SSSR count). The Labute approximate surface area is 94.4 Å². The van der Waals surface area contributed by atoms with Gasteiger partial charge in [-0.2, -0.15) is 0 Å². The van der Waals surface area contributed by atoms with Gasteiger partial charge in [0.2, 0.25) is 0 Å². The van der Waals surface area contributed by atoms with Crippen molar-refractivity contribution in [1.82, 2.24) is 4.23 Å². The molecule has 0 spiro atoms. The van der Waals surface area contributed by atoms with Crippen LogP contribution in [0.4, 0.5) is 0 Å². The molecule has 1 aliphatic heterocycles. The molecule has 0 aromatic heterocycles. The average Bonchev–Trinajstić information content (AvgIpc) is 2.21. The van der Waals surface area contributed by atoms with E-state index in [0.717, 1.165) is 0 Å². The molecule has 0 radical (unpaired) electrons. The zero-order valence-corrected chi connectivity index (χ0v) is 13.4. The van der Waals surface area contributed by atoms with Gasteiger partial charge in [0, 0.05) is 5.33 Å². The molecule has 1 saturated heterocycles. The van der Waals surface area contributed by atoms with E-state index in [1.54, 1.807) is 0 Å². The summed E-state index contributed by atoms with van der Waals surface area (Å²) < 4.78 is 2.91. The van der Waals surface area contributed by atoms with E-state index in [1.165, 1.54) is 24.3 Å². The van der Waals surface area contributed by atoms with Gasteiger partial charge in [0.05, 0.1) is 9.68 Å². The first kappa shape index (κ1) is 11.9. The van der Waals surface area contributed by atoms with Crippen LogP contribution in [0.1, 0.15) is 20.3 Å². The van der Waals surface area contributed by atoms with Gasteiger partial charge in [-0.15, -0.1) is 0 Å². The van der Waals surface area contributed by atoms with Gasteiger partial charge in [-0.25, -0.2) is 0 Å². The number of rotatable bonds is 3. The highest BCUT2D eigenvalue weighted by atomic mass is 79.9. The predicted octanol–water partition coefficient (Wildman–Crippen LogP) is 2.57. The second kappa shape index (κ2) is 4.17. The summed E-state index contributed by atoms with van der Waals surface area (Å²) >= 11 is 3.53. The maximum atomic E-state index is 3.53. The van der Waals surface area contributed by atoms with Gasteiger partial charge in [0.25, 0.3) is 0 Å². The lowest BCUT2D eigenvalue weighted by Gasteiger charge is -2.39. The molecule has 1 heterocycles. The third-order valence-electron chi connectivity index (χ3n) is 4.02. The van der Waals surface area contributed by atoms with Crippen LogP contribution in [-0.2, 0) is 0 Å². The summed E-state index contributed by atoms with van der Waals surface area (Å²) in [4.78, 5) is 0. The normalized spacial score (nSPS) is 28.4. The molecule has 0 saturated carbocycles. The highest BCUT2D eigenvalue weighted by Crippen LogP contribution is 2.47. The van der Waals surface area contributed by atoms with Crippen LogP contribution in [0.2, 0.25) is 24.2 Å². The molecule has 0 N–H and O–H groups in total. The van der Waals surface area contributed by atoms with Crippen molar-refractivity contribution in [2.24, 2.45) is 0 Å². The molecule has 0 bridgehead atoms. The van der Waals surface area contributed by atoms with Crippen LogP contribution in [0, 0.1) is 0 Å². The van der Waals surface area contributed by atoms with Gasteiger partial charge in [-0.3, -0.25) is 0 Å². The Hall–Kier alpha value is 0.874. The molecule has 13 heavy (non-hydrogen) atoms. The molecule has 1 aliphatic rings. The van der Waals surface area contributed by atoms with Gasteiger partial charge in [-0.1, -0.05) is 42.9 Å². The molecule has 78 valence electrons. The average molecular weight is 280 g/mol. The summed E-state index contributed by atoms with van der Waals surface area (Å²) in [5.41, 5.74) is 0. The van der Waals surface area contributed by atoms with Crippen LogP contribution in [0.3, 0.4) is 0 Å². The van der Waals surface area contributed by atoms with Gasteiger partial charge in [0.1, 0.15) is 8.24 Å². The molecule has 0 atom stereocenters. The van der Waals surface area contributed by atoms with Crippen molar-refractivity contribution in [2.75, 3.05) is 11.9 Å². The SMILES string of the molecule is CC1(C)C[SiH2]N(CCCBr)[Si]1(C)C. The third kappa shape index (κ3) is 2.27. The van der Waals surface area contributed by atoms with E-state index in [-0.39, 0.29) is 9.68 Å². The van der Waals surface area contributed by atoms with Crippen molar-refractivity contribution in [2.45, 2.75) is 44.4 Å². The molecular formula is C9H22BrNSi2. The summed E-state index contributed by atoms with van der Waals surface area (Å²) in [7, 11) is -0.957. The Balaban J connectivity index is 2.60. The largest absolute Gasteiger partial charge is 0.350 e. The smallest absolute Gasteiger partial charge is 0.120 e. The lowest BCUT2D eigenvalue weighted by Crippen LogP contribution is -2.50. The molecule has 0 amide bonds. The summed E-state index contributed by atoms with van der Waals surface area (Å²) in [5.74, 6) is 0. The van der Waals surface area contributed by atoms with E-state index in [1.807, 2.05) is 0 Å². The second-order valence-electron chi connectivity index (χ2n) is 5.22. The van der Waals surface area contributed by atoms with E-state index < -0.39 is 8.24 Å². The van der Waals surface area contributed by atoms with Crippen molar-refractivity contribution in [3.05, 3.63) is 0 Å². The Morgan fingerprint density at radius 1 is 1.46 bits per heavy atom. The molecular weight excluding hydrogens is 258 g/mol. The van der Waals surface area contributed by atoms with Crippen LogP contribution < -0.4 is 0 Å². The van der Waals surface area contributed by atoms with E-state index in [2.05, 4.69) is 47.1 Å². The van der Waals surface area contributed by atoms with Crippen molar-refractivity contribution >= 4 is 33.8 Å². The zero-order valence-electron chi connectivity index (χ0n) is 9.36. The maximum Gasteiger partial charge on any atom is 0.120 e. The summed E-state index contributed by atoms with van der Waals surface area (Å²) in [6, 6.07) is 1.54. The van der Waals surface area contributed by atoms with Gasteiger partial charge >= 0.3 is 0 Å². The first-order chi connectivity index (χ1) is 5.92. The van der Waals surface area contributed by atoms with Gasteiger partial charge < -0.3 is 4.23 Å². The minimum absolute atomic E-state index is 0.103. The molecule has 1 fully saturated rings. The van der Waals surface area contributed by atoms with Crippen molar-refractivity contribution in [3.63, 3.8) is 0 Å². The van der Waals surface area contributed by atoms with Crippen LogP contribution in [0.15, 0.2) is 0 Å². The van der Waals surface area contributed by atoms with E-state index in [4.69, 9.17) is 0 Å². The Morgan fingerprint density at radius 3 is 2.46 bits per heavy atom. The molecule has 0 aromatic carbocycles. The Bertz CT molecular complexity index is 182. The number of nitrogens with zero attached hydrogens (tertiary/aromatic N) is 1. The standard InChI is InChI=1S/C9H22BrNSi2/c1-9(2)8-12-11(7-5-6-10)13(9,3)4/h5-8,12H2,1-4H3. The minimum Gasteiger partial charge on any atom is -0.350 e. The fourth-order valence-corrected chi connectivity index (χ4v) is 11.8. The number of halogens is 1. The number of hydrogen-bond acceptors (Lipinski definition) is 1. The maximum absolute atomic E-state index is 3.53. The van der Waals surface area contributed by atoms with Gasteiger partial charge in [0.15, 0.2) is 0 Å². The zero-order chi connectivity index (χ0) is 10.1. The quantitative estimate of drug-likeness (QED) is 0.567. The third-order valence-corrected chi connectivity index (χ3v) is 15.8. The minimum atomic E-state index is -1.06. The van der Waals surface area contributed by atoms with E-state index in [9.17, 15) is 0 Å². The van der Waals surface area contributed by atoms with Crippen LogP contribution in [-0.4, -0.2) is 34.0 Å². The summed E-state index contributed by atoms with van der Waals surface area (Å²) in [6.07, 6.45) is 1.33. The topological polar surface area (TPSA) is 3.24 Å². The van der Waals surface area contributed by atoms with Crippen molar-refractivity contribution < 1.29 is 0 Å².